The van der Waals surface area contributed by atoms with Crippen LogP contribution in [0.1, 0.15) is 29.8 Å². The minimum atomic E-state index is -0.457. The zero-order chi connectivity index (χ0) is 13.5. The summed E-state index contributed by atoms with van der Waals surface area (Å²) in [4.78, 5) is 22.9. The third-order valence-electron chi connectivity index (χ3n) is 2.27. The molecule has 1 aromatic rings. The van der Waals surface area contributed by atoms with Gasteiger partial charge in [0.25, 0.3) is 0 Å². The molecule has 0 aliphatic rings. The molecule has 96 valence electrons. The maximum Gasteiger partial charge on any atom is 0.338 e. The van der Waals surface area contributed by atoms with Crippen LogP contribution in [0.4, 0.5) is 0 Å². The van der Waals surface area contributed by atoms with E-state index in [-0.39, 0.29) is 11.5 Å². The number of carbonyl (C=O) groups is 2. The van der Waals surface area contributed by atoms with Gasteiger partial charge in [-0.15, -0.1) is 0 Å². The lowest BCUT2D eigenvalue weighted by molar-refractivity contribution is -0.136. The lowest BCUT2D eigenvalue weighted by atomic mass is 10.1. The molecule has 4 nitrogen and oxygen atoms in total. The first-order valence-electron chi connectivity index (χ1n) is 5.73. The van der Waals surface area contributed by atoms with Gasteiger partial charge in [0.2, 0.25) is 0 Å². The van der Waals surface area contributed by atoms with Crippen LogP contribution in [0.15, 0.2) is 30.8 Å². The number of hydrogen-bond acceptors (Lipinski definition) is 4. The summed E-state index contributed by atoms with van der Waals surface area (Å²) in [6.07, 6.45) is 0. The van der Waals surface area contributed by atoms with Crippen molar-refractivity contribution in [3.8, 4) is 0 Å². The Kier molecular flexibility index (Phi) is 5.11. The van der Waals surface area contributed by atoms with Crippen LogP contribution in [-0.2, 0) is 14.3 Å². The topological polar surface area (TPSA) is 52.6 Å². The molecule has 0 atom stereocenters. The van der Waals surface area contributed by atoms with Crippen molar-refractivity contribution >= 4 is 17.5 Å². The Hall–Kier alpha value is -2.10. The summed E-state index contributed by atoms with van der Waals surface area (Å²) < 4.78 is 9.71. The second-order valence-electron chi connectivity index (χ2n) is 3.50. The second-order valence-corrected chi connectivity index (χ2v) is 3.50. The molecular weight excluding hydrogens is 232 g/mol. The van der Waals surface area contributed by atoms with Gasteiger partial charge < -0.3 is 9.47 Å². The van der Waals surface area contributed by atoms with Crippen molar-refractivity contribution in [2.45, 2.75) is 13.8 Å². The molecule has 0 aliphatic heterocycles. The summed E-state index contributed by atoms with van der Waals surface area (Å²) >= 11 is 0. The maximum atomic E-state index is 11.5. The summed E-state index contributed by atoms with van der Waals surface area (Å²) in [6, 6.07) is 6.48. The molecule has 1 aromatic carbocycles. The summed E-state index contributed by atoms with van der Waals surface area (Å²) in [7, 11) is 0. The summed E-state index contributed by atoms with van der Waals surface area (Å²) in [5.41, 5.74) is 1.34. The predicted molar refractivity (Wildman–Crippen MR) is 68.1 cm³/mol. The van der Waals surface area contributed by atoms with Gasteiger partial charge in [-0.25, -0.2) is 9.59 Å². The summed E-state index contributed by atoms with van der Waals surface area (Å²) in [5, 5.41) is 0. The van der Waals surface area contributed by atoms with E-state index in [1.165, 1.54) is 0 Å². The van der Waals surface area contributed by atoms with Crippen LogP contribution < -0.4 is 0 Å². The largest absolute Gasteiger partial charge is 0.462 e. The Morgan fingerprint density at radius 3 is 2.00 bits per heavy atom. The van der Waals surface area contributed by atoms with E-state index in [4.69, 9.17) is 9.47 Å². The lowest BCUT2D eigenvalue weighted by Gasteiger charge is -2.06. The quantitative estimate of drug-likeness (QED) is 0.593. The molecule has 0 unspecified atom stereocenters. The highest BCUT2D eigenvalue weighted by Gasteiger charge is 2.11. The van der Waals surface area contributed by atoms with Crippen molar-refractivity contribution in [3.63, 3.8) is 0 Å². The van der Waals surface area contributed by atoms with Crippen LogP contribution in [0.25, 0.3) is 5.57 Å². The van der Waals surface area contributed by atoms with Gasteiger partial charge in [-0.05, 0) is 31.5 Å². The van der Waals surface area contributed by atoms with Crippen molar-refractivity contribution in [2.24, 2.45) is 0 Å². The minimum absolute atomic E-state index is 0.271. The van der Waals surface area contributed by atoms with Crippen molar-refractivity contribution in [1.29, 1.82) is 0 Å². The molecular formula is C14H16O4. The van der Waals surface area contributed by atoms with Gasteiger partial charge in [-0.1, -0.05) is 18.7 Å². The molecule has 0 aliphatic carbocycles. The first-order chi connectivity index (χ1) is 8.60. The second kappa shape index (κ2) is 6.59. The van der Waals surface area contributed by atoms with E-state index in [9.17, 15) is 9.59 Å². The van der Waals surface area contributed by atoms with Crippen LogP contribution in [0.2, 0.25) is 0 Å². The van der Waals surface area contributed by atoms with Crippen LogP contribution in [0, 0.1) is 0 Å². The number of carbonyl (C=O) groups excluding carboxylic acids is 2. The first kappa shape index (κ1) is 14.0. The summed E-state index contributed by atoms with van der Waals surface area (Å²) in [6.45, 7) is 7.77. The van der Waals surface area contributed by atoms with Gasteiger partial charge in [0.15, 0.2) is 0 Å². The molecule has 18 heavy (non-hydrogen) atoms. The van der Waals surface area contributed by atoms with Crippen molar-refractivity contribution in [1.82, 2.24) is 0 Å². The molecule has 4 heteroatoms. The molecule has 0 N–H and O–H groups in total. The zero-order valence-corrected chi connectivity index (χ0v) is 10.6. The molecule has 0 spiro atoms. The highest BCUT2D eigenvalue weighted by molar-refractivity contribution is 6.15. The third kappa shape index (κ3) is 3.45. The van der Waals surface area contributed by atoms with Gasteiger partial charge in [0.1, 0.15) is 0 Å². The molecule has 1 rings (SSSR count). The molecule has 0 fully saturated rings. The number of benzene rings is 1. The normalized spacial score (nSPS) is 9.67. The fourth-order valence-corrected chi connectivity index (χ4v) is 1.36. The van der Waals surface area contributed by atoms with E-state index in [2.05, 4.69) is 6.58 Å². The Labute approximate surface area is 106 Å². The lowest BCUT2D eigenvalue weighted by Crippen LogP contribution is -2.07. The fraction of sp³-hybridized carbons (Fsp3) is 0.286. The first-order valence-corrected chi connectivity index (χ1v) is 5.73. The molecule has 0 saturated carbocycles. The Balaban J connectivity index is 2.79. The SMILES string of the molecule is C=C(C(=O)OCC)c1ccc(C(=O)OCC)cc1. The maximum absolute atomic E-state index is 11.5. The highest BCUT2D eigenvalue weighted by atomic mass is 16.5. The Morgan fingerprint density at radius 1 is 1.00 bits per heavy atom. The third-order valence-corrected chi connectivity index (χ3v) is 2.27. The van der Waals surface area contributed by atoms with Gasteiger partial charge in [0.05, 0.1) is 24.4 Å². The van der Waals surface area contributed by atoms with Crippen molar-refractivity contribution in [2.75, 3.05) is 13.2 Å². The number of ether oxygens (including phenoxy) is 2. The Morgan fingerprint density at radius 2 is 1.50 bits per heavy atom. The van der Waals surface area contributed by atoms with Gasteiger partial charge in [-0.2, -0.15) is 0 Å². The van der Waals surface area contributed by atoms with Crippen molar-refractivity contribution in [3.05, 3.63) is 42.0 Å². The molecule has 0 heterocycles. The average Bonchev–Trinajstić information content (AvgIpc) is 2.38. The molecule has 0 amide bonds. The Bertz CT molecular complexity index is 445. The van der Waals surface area contributed by atoms with Crippen LogP contribution >= 0.6 is 0 Å². The number of hydrogen-bond donors (Lipinski definition) is 0. The van der Waals surface area contributed by atoms with Crippen LogP contribution in [0.5, 0.6) is 0 Å². The minimum Gasteiger partial charge on any atom is -0.462 e. The standard InChI is InChI=1S/C14H16O4/c1-4-17-13(15)10(3)11-6-8-12(9-7-11)14(16)18-5-2/h6-9H,3-5H2,1-2H3. The summed E-state index contributed by atoms with van der Waals surface area (Å²) in [5.74, 6) is -0.841. The van der Waals surface area contributed by atoms with Crippen molar-refractivity contribution < 1.29 is 19.1 Å². The number of rotatable bonds is 5. The smallest absolute Gasteiger partial charge is 0.338 e. The van der Waals surface area contributed by atoms with Gasteiger partial charge in [0, 0.05) is 0 Å². The number of esters is 2. The van der Waals surface area contributed by atoms with Gasteiger partial charge in [-0.3, -0.25) is 0 Å². The van der Waals surface area contributed by atoms with E-state index in [1.807, 2.05) is 0 Å². The predicted octanol–water partition coefficient (Wildman–Crippen LogP) is 2.44. The fourth-order valence-electron chi connectivity index (χ4n) is 1.36. The zero-order valence-electron chi connectivity index (χ0n) is 10.6. The molecule has 0 aromatic heterocycles. The molecule has 0 radical (unpaired) electrons. The van der Waals surface area contributed by atoms with Gasteiger partial charge >= 0.3 is 11.9 Å². The molecule has 0 bridgehead atoms. The average molecular weight is 248 g/mol. The highest BCUT2D eigenvalue weighted by Crippen LogP contribution is 2.15. The van der Waals surface area contributed by atoms with E-state index in [0.717, 1.165) is 0 Å². The van der Waals surface area contributed by atoms with E-state index in [1.54, 1.807) is 38.1 Å². The monoisotopic (exact) mass is 248 g/mol. The molecule has 0 saturated heterocycles. The van der Waals surface area contributed by atoms with Crippen LogP contribution in [0.3, 0.4) is 0 Å². The van der Waals surface area contributed by atoms with E-state index in [0.29, 0.717) is 24.3 Å². The van der Waals surface area contributed by atoms with Crippen LogP contribution in [-0.4, -0.2) is 25.2 Å². The van der Waals surface area contributed by atoms with E-state index < -0.39 is 5.97 Å². The van der Waals surface area contributed by atoms with E-state index >= 15 is 0 Å².